The van der Waals surface area contributed by atoms with Crippen molar-refractivity contribution in [2.45, 2.75) is 13.5 Å². The summed E-state index contributed by atoms with van der Waals surface area (Å²) in [6.45, 7) is 2.25. The summed E-state index contributed by atoms with van der Waals surface area (Å²) in [5.41, 5.74) is 1.85. The Morgan fingerprint density at radius 3 is 2.88 bits per heavy atom. The smallest absolute Gasteiger partial charge is 0.216 e. The molecule has 2 aromatic carbocycles. The van der Waals surface area contributed by atoms with Crippen LogP contribution < -0.4 is 4.74 Å². The molecule has 1 N–H and O–H groups in total. The third-order valence-electron chi connectivity index (χ3n) is 3.33. The molecule has 3 rings (SSSR count). The lowest BCUT2D eigenvalue weighted by Crippen LogP contribution is -1.99. The van der Waals surface area contributed by atoms with Crippen molar-refractivity contribution in [1.29, 1.82) is 0 Å². The van der Waals surface area contributed by atoms with Gasteiger partial charge >= 0.3 is 0 Å². The summed E-state index contributed by atoms with van der Waals surface area (Å²) < 4.78 is 7.90. The van der Waals surface area contributed by atoms with Crippen molar-refractivity contribution in [2.24, 2.45) is 5.10 Å². The van der Waals surface area contributed by atoms with E-state index in [0.29, 0.717) is 22.2 Å². The summed E-state index contributed by atoms with van der Waals surface area (Å²) >= 11 is 11.1. The van der Waals surface area contributed by atoms with Gasteiger partial charge in [0.25, 0.3) is 0 Å². The second kappa shape index (κ2) is 7.42. The van der Waals surface area contributed by atoms with E-state index >= 15 is 0 Å². The minimum absolute atomic E-state index is 0.426. The fraction of sp³-hybridized carbons (Fsp3) is 0.118. The zero-order valence-electron chi connectivity index (χ0n) is 12.9. The predicted molar refractivity (Wildman–Crippen MR) is 97.4 cm³/mol. The molecule has 0 unspecified atom stereocenters. The van der Waals surface area contributed by atoms with Crippen LogP contribution in [0.4, 0.5) is 0 Å². The maximum atomic E-state index is 6.00. The molecule has 0 atom stereocenters. The molecule has 3 aromatic rings. The van der Waals surface area contributed by atoms with Crippen LogP contribution in [0.15, 0.2) is 53.6 Å². The van der Waals surface area contributed by atoms with Crippen LogP contribution in [0.5, 0.6) is 5.75 Å². The summed E-state index contributed by atoms with van der Waals surface area (Å²) in [4.78, 5) is 0. The van der Waals surface area contributed by atoms with E-state index in [2.05, 4.69) is 15.3 Å². The zero-order chi connectivity index (χ0) is 16.9. The number of hydrogen-bond donors (Lipinski definition) is 1. The quantitative estimate of drug-likeness (QED) is 0.544. The molecule has 0 aliphatic rings. The van der Waals surface area contributed by atoms with Crippen LogP contribution in [0.2, 0.25) is 5.02 Å². The normalized spacial score (nSPS) is 11.1. The van der Waals surface area contributed by atoms with Gasteiger partial charge in [0.1, 0.15) is 18.2 Å². The van der Waals surface area contributed by atoms with Crippen molar-refractivity contribution in [1.82, 2.24) is 14.9 Å². The van der Waals surface area contributed by atoms with Crippen molar-refractivity contribution >= 4 is 30.0 Å². The Hall–Kier alpha value is -2.44. The first-order valence-corrected chi connectivity index (χ1v) is 8.07. The summed E-state index contributed by atoms with van der Waals surface area (Å²) in [6.07, 6.45) is 1.70. The Kier molecular flexibility index (Phi) is 5.08. The largest absolute Gasteiger partial charge is 0.488 e. The maximum Gasteiger partial charge on any atom is 0.216 e. The fourth-order valence-corrected chi connectivity index (χ4v) is 2.57. The van der Waals surface area contributed by atoms with Crippen LogP contribution in [0.25, 0.3) is 0 Å². The minimum Gasteiger partial charge on any atom is -0.488 e. The van der Waals surface area contributed by atoms with E-state index in [9.17, 15) is 0 Å². The first-order chi connectivity index (χ1) is 11.6. The van der Waals surface area contributed by atoms with Gasteiger partial charge in [0.15, 0.2) is 0 Å². The van der Waals surface area contributed by atoms with Gasteiger partial charge in [-0.05, 0) is 49.0 Å². The molecule has 5 nitrogen and oxygen atoms in total. The molecule has 1 aromatic heterocycles. The number of nitrogens with zero attached hydrogens (tertiary/aromatic N) is 3. The molecule has 24 heavy (non-hydrogen) atoms. The minimum atomic E-state index is 0.426. The van der Waals surface area contributed by atoms with Crippen LogP contribution in [0, 0.1) is 11.7 Å². The van der Waals surface area contributed by atoms with E-state index in [1.807, 2.05) is 55.5 Å². The topological polar surface area (TPSA) is 55.2 Å². The summed E-state index contributed by atoms with van der Waals surface area (Å²) in [5.74, 6) is 1.42. The van der Waals surface area contributed by atoms with Gasteiger partial charge in [-0.25, -0.2) is 0 Å². The van der Waals surface area contributed by atoms with Gasteiger partial charge in [-0.2, -0.15) is 14.9 Å². The molecular weight excluding hydrogens is 344 g/mol. The molecule has 0 amide bonds. The van der Waals surface area contributed by atoms with Crippen LogP contribution in [0.1, 0.15) is 17.0 Å². The van der Waals surface area contributed by atoms with Crippen molar-refractivity contribution in [3.63, 3.8) is 0 Å². The van der Waals surface area contributed by atoms with E-state index in [1.54, 1.807) is 10.9 Å². The average Bonchev–Trinajstić information content (AvgIpc) is 2.90. The zero-order valence-corrected chi connectivity index (χ0v) is 14.5. The van der Waals surface area contributed by atoms with E-state index in [4.69, 9.17) is 28.6 Å². The van der Waals surface area contributed by atoms with E-state index in [-0.39, 0.29) is 0 Å². The Balaban J connectivity index is 1.79. The molecule has 122 valence electrons. The maximum absolute atomic E-state index is 6.00. The highest BCUT2D eigenvalue weighted by Crippen LogP contribution is 2.19. The number of hydrogen-bond acceptors (Lipinski definition) is 4. The molecule has 0 spiro atoms. The fourth-order valence-electron chi connectivity index (χ4n) is 2.13. The average molecular weight is 359 g/mol. The third-order valence-corrected chi connectivity index (χ3v) is 3.83. The summed E-state index contributed by atoms with van der Waals surface area (Å²) in [6, 6.07) is 15.3. The number of aryl methyl sites for hydroxylation is 1. The number of rotatable bonds is 5. The standard InChI is InChI=1S/C17H15ClN4OS/c1-12-20-21-17(24)22(12)19-10-14-6-2-3-8-16(14)23-11-13-5-4-7-15(18)9-13/h2-10H,11H2,1H3,(H,21,24)/b19-10+. The first-order valence-electron chi connectivity index (χ1n) is 7.28. The van der Waals surface area contributed by atoms with Crippen LogP contribution in [-0.4, -0.2) is 21.1 Å². The molecular formula is C17H15ClN4OS. The Labute approximate surface area is 149 Å². The molecule has 0 fully saturated rings. The first kappa shape index (κ1) is 16.4. The van der Waals surface area contributed by atoms with Crippen molar-refractivity contribution < 1.29 is 4.74 Å². The van der Waals surface area contributed by atoms with Gasteiger partial charge in [0.2, 0.25) is 4.77 Å². The molecule has 0 aliphatic heterocycles. The molecule has 0 bridgehead atoms. The summed E-state index contributed by atoms with van der Waals surface area (Å²) in [5, 5.41) is 11.8. The van der Waals surface area contributed by atoms with Gasteiger partial charge in [0.05, 0.1) is 6.21 Å². The van der Waals surface area contributed by atoms with Crippen molar-refractivity contribution in [3.05, 3.63) is 75.3 Å². The van der Waals surface area contributed by atoms with Gasteiger partial charge in [-0.1, -0.05) is 35.9 Å². The van der Waals surface area contributed by atoms with Crippen LogP contribution in [-0.2, 0) is 6.61 Å². The number of halogens is 1. The monoisotopic (exact) mass is 358 g/mol. The highest BCUT2D eigenvalue weighted by molar-refractivity contribution is 7.71. The number of aromatic nitrogens is 3. The molecule has 0 aliphatic carbocycles. The lowest BCUT2D eigenvalue weighted by molar-refractivity contribution is 0.306. The second-order valence-corrected chi connectivity index (χ2v) is 5.91. The highest BCUT2D eigenvalue weighted by atomic mass is 35.5. The summed E-state index contributed by atoms with van der Waals surface area (Å²) in [7, 11) is 0. The van der Waals surface area contributed by atoms with Crippen LogP contribution >= 0.6 is 23.8 Å². The molecule has 7 heteroatoms. The third kappa shape index (κ3) is 3.90. The number of nitrogens with one attached hydrogen (secondary N) is 1. The lowest BCUT2D eigenvalue weighted by atomic mass is 10.2. The van der Waals surface area contributed by atoms with Gasteiger partial charge in [0, 0.05) is 10.6 Å². The molecule has 0 radical (unpaired) electrons. The predicted octanol–water partition coefficient (Wildman–Crippen LogP) is 4.36. The Bertz CT molecular complexity index is 932. The van der Waals surface area contributed by atoms with Gasteiger partial charge < -0.3 is 4.74 Å². The van der Waals surface area contributed by atoms with Gasteiger partial charge in [-0.15, -0.1) is 0 Å². The van der Waals surface area contributed by atoms with E-state index in [1.165, 1.54) is 0 Å². The van der Waals surface area contributed by atoms with Crippen molar-refractivity contribution in [2.75, 3.05) is 0 Å². The molecule has 0 saturated carbocycles. The Morgan fingerprint density at radius 1 is 1.29 bits per heavy atom. The highest BCUT2D eigenvalue weighted by Gasteiger charge is 2.03. The number of benzene rings is 2. The molecule has 0 saturated heterocycles. The van der Waals surface area contributed by atoms with Gasteiger partial charge in [-0.3, -0.25) is 5.10 Å². The number of H-pyrrole nitrogens is 1. The Morgan fingerprint density at radius 2 is 2.12 bits per heavy atom. The number of para-hydroxylation sites is 1. The van der Waals surface area contributed by atoms with E-state index < -0.39 is 0 Å². The number of aromatic amines is 1. The molecule has 1 heterocycles. The SMILES string of the molecule is Cc1n[nH]c(=S)n1/N=C/c1ccccc1OCc1cccc(Cl)c1. The van der Waals surface area contributed by atoms with Crippen molar-refractivity contribution in [3.8, 4) is 5.75 Å². The van der Waals surface area contributed by atoms with Crippen LogP contribution in [0.3, 0.4) is 0 Å². The number of ether oxygens (including phenoxy) is 1. The van der Waals surface area contributed by atoms with E-state index in [0.717, 1.165) is 16.9 Å². The second-order valence-electron chi connectivity index (χ2n) is 5.09. The lowest BCUT2D eigenvalue weighted by Gasteiger charge is -2.09.